The van der Waals surface area contributed by atoms with Crippen LogP contribution in [0.3, 0.4) is 0 Å². The first-order valence-corrected chi connectivity index (χ1v) is 7.78. The van der Waals surface area contributed by atoms with E-state index in [1.165, 1.54) is 0 Å². The molecule has 0 aromatic carbocycles. The molecule has 2 aliphatic heterocycles. The highest BCUT2D eigenvalue weighted by Gasteiger charge is 2.33. The number of nitrogens with zero attached hydrogens (tertiary/aromatic N) is 3. The summed E-state index contributed by atoms with van der Waals surface area (Å²) >= 11 is 1.60. The van der Waals surface area contributed by atoms with Crippen molar-refractivity contribution in [3.05, 3.63) is 16.6 Å². The summed E-state index contributed by atoms with van der Waals surface area (Å²) in [6, 6.07) is -0.484. The molecule has 0 aliphatic carbocycles. The highest BCUT2D eigenvalue weighted by atomic mass is 32.1. The summed E-state index contributed by atoms with van der Waals surface area (Å²) in [5.74, 6) is -0.269. The molecular weight excluding hydrogens is 292 g/mol. The molecule has 3 rings (SSSR count). The standard InChI is InChI=1S/C13H16N4O3S/c18-10-6-15-13(20)17(10)8-11(19)16-4-1-2-9(7-16)12-14-3-5-21-12/h3,5,9H,1-2,4,6-8H2,(H,15,20)/t9-/m1/s1. The van der Waals surface area contributed by atoms with Crippen LogP contribution in [0.15, 0.2) is 11.6 Å². The fourth-order valence-corrected chi connectivity index (χ4v) is 3.46. The minimum atomic E-state index is -0.484. The lowest BCUT2D eigenvalue weighted by Gasteiger charge is -2.32. The van der Waals surface area contributed by atoms with Crippen molar-refractivity contribution in [2.75, 3.05) is 26.2 Å². The second-order valence-electron chi connectivity index (χ2n) is 5.19. The van der Waals surface area contributed by atoms with Gasteiger partial charge in [0, 0.05) is 30.6 Å². The van der Waals surface area contributed by atoms with E-state index in [1.54, 1.807) is 22.4 Å². The third-order valence-electron chi connectivity index (χ3n) is 3.81. The van der Waals surface area contributed by atoms with Gasteiger partial charge in [-0.3, -0.25) is 14.5 Å². The van der Waals surface area contributed by atoms with E-state index in [-0.39, 0.29) is 30.8 Å². The van der Waals surface area contributed by atoms with Gasteiger partial charge in [0.15, 0.2) is 0 Å². The molecular formula is C13H16N4O3S. The molecule has 2 aliphatic rings. The number of urea groups is 1. The normalized spacial score (nSPS) is 22.6. The van der Waals surface area contributed by atoms with E-state index in [1.807, 2.05) is 5.38 Å². The van der Waals surface area contributed by atoms with Gasteiger partial charge in [-0.2, -0.15) is 0 Å². The number of hydrogen-bond donors (Lipinski definition) is 1. The summed E-state index contributed by atoms with van der Waals surface area (Å²) in [5, 5.41) is 5.40. The zero-order chi connectivity index (χ0) is 14.8. The summed E-state index contributed by atoms with van der Waals surface area (Å²) in [7, 11) is 0. The molecule has 3 heterocycles. The Bertz CT molecular complexity index is 544. The monoisotopic (exact) mass is 308 g/mol. The Kier molecular flexibility index (Phi) is 3.87. The van der Waals surface area contributed by atoms with E-state index >= 15 is 0 Å². The maximum Gasteiger partial charge on any atom is 0.325 e. The van der Waals surface area contributed by atoms with Gasteiger partial charge in [-0.25, -0.2) is 9.78 Å². The molecule has 7 nitrogen and oxygen atoms in total. The highest BCUT2D eigenvalue weighted by Crippen LogP contribution is 2.28. The number of piperidine rings is 1. The Morgan fingerprint density at radius 1 is 1.48 bits per heavy atom. The first-order valence-electron chi connectivity index (χ1n) is 6.90. The van der Waals surface area contributed by atoms with Crippen LogP contribution in [0.5, 0.6) is 0 Å². The van der Waals surface area contributed by atoms with Crippen LogP contribution in [-0.4, -0.2) is 58.8 Å². The molecule has 0 unspecified atom stereocenters. The van der Waals surface area contributed by atoms with Gasteiger partial charge in [0.25, 0.3) is 5.91 Å². The molecule has 0 radical (unpaired) electrons. The topological polar surface area (TPSA) is 82.6 Å². The number of aromatic nitrogens is 1. The van der Waals surface area contributed by atoms with Gasteiger partial charge < -0.3 is 10.2 Å². The van der Waals surface area contributed by atoms with E-state index in [0.717, 1.165) is 22.7 Å². The molecule has 112 valence electrons. The Morgan fingerprint density at radius 3 is 3.00 bits per heavy atom. The van der Waals surface area contributed by atoms with Crippen molar-refractivity contribution < 1.29 is 14.4 Å². The van der Waals surface area contributed by atoms with Crippen LogP contribution in [0.2, 0.25) is 0 Å². The Morgan fingerprint density at radius 2 is 2.33 bits per heavy atom. The SMILES string of the molecule is O=C(CN1C(=O)CNC1=O)N1CCC[C@@H](c2nccs2)C1. The summed E-state index contributed by atoms with van der Waals surface area (Å²) < 4.78 is 0. The molecule has 4 amide bonds. The molecule has 1 N–H and O–H groups in total. The van der Waals surface area contributed by atoms with E-state index in [4.69, 9.17) is 0 Å². The number of likely N-dealkylation sites (tertiary alicyclic amines) is 1. The summed E-state index contributed by atoms with van der Waals surface area (Å²) in [6.07, 6.45) is 3.70. The first kappa shape index (κ1) is 14.0. The van der Waals surface area contributed by atoms with Gasteiger partial charge in [-0.05, 0) is 12.8 Å². The zero-order valence-corrected chi connectivity index (χ0v) is 12.3. The molecule has 1 aromatic rings. The van der Waals surface area contributed by atoms with Crippen molar-refractivity contribution >= 4 is 29.2 Å². The van der Waals surface area contributed by atoms with Crippen molar-refractivity contribution in [2.24, 2.45) is 0 Å². The van der Waals surface area contributed by atoms with Crippen LogP contribution in [0.1, 0.15) is 23.8 Å². The Balaban J connectivity index is 1.62. The number of thiazole rings is 1. The van der Waals surface area contributed by atoms with Gasteiger partial charge in [-0.1, -0.05) is 0 Å². The third kappa shape index (κ3) is 2.90. The lowest BCUT2D eigenvalue weighted by Crippen LogP contribution is -2.46. The van der Waals surface area contributed by atoms with Gasteiger partial charge in [0.1, 0.15) is 6.54 Å². The van der Waals surface area contributed by atoms with Gasteiger partial charge >= 0.3 is 6.03 Å². The average molecular weight is 308 g/mol. The number of carbonyl (C=O) groups is 3. The predicted octanol–water partition coefficient (Wildman–Crippen LogP) is 0.401. The molecule has 1 aromatic heterocycles. The largest absolute Gasteiger partial charge is 0.340 e. The van der Waals surface area contributed by atoms with Crippen molar-refractivity contribution in [3.63, 3.8) is 0 Å². The number of amides is 4. The average Bonchev–Trinajstić information content (AvgIpc) is 3.13. The number of rotatable bonds is 3. The molecule has 2 saturated heterocycles. The molecule has 21 heavy (non-hydrogen) atoms. The number of hydrogen-bond acceptors (Lipinski definition) is 5. The maximum absolute atomic E-state index is 12.3. The van der Waals surface area contributed by atoms with E-state index in [0.29, 0.717) is 13.1 Å². The lowest BCUT2D eigenvalue weighted by atomic mass is 9.98. The smallest absolute Gasteiger partial charge is 0.325 e. The van der Waals surface area contributed by atoms with E-state index in [2.05, 4.69) is 10.3 Å². The minimum Gasteiger partial charge on any atom is -0.340 e. The summed E-state index contributed by atoms with van der Waals surface area (Å²) in [5.41, 5.74) is 0. The lowest BCUT2D eigenvalue weighted by molar-refractivity contribution is -0.137. The quantitative estimate of drug-likeness (QED) is 0.820. The predicted molar refractivity (Wildman–Crippen MR) is 75.8 cm³/mol. The van der Waals surface area contributed by atoms with E-state index in [9.17, 15) is 14.4 Å². The Labute approximate surface area is 125 Å². The molecule has 0 bridgehead atoms. The zero-order valence-electron chi connectivity index (χ0n) is 11.4. The third-order valence-corrected chi connectivity index (χ3v) is 4.74. The molecule has 2 fully saturated rings. The number of imide groups is 1. The Hall–Kier alpha value is -1.96. The second kappa shape index (κ2) is 5.80. The fourth-order valence-electron chi connectivity index (χ4n) is 2.69. The van der Waals surface area contributed by atoms with Crippen molar-refractivity contribution in [2.45, 2.75) is 18.8 Å². The van der Waals surface area contributed by atoms with Gasteiger partial charge in [-0.15, -0.1) is 11.3 Å². The van der Waals surface area contributed by atoms with Crippen molar-refractivity contribution in [3.8, 4) is 0 Å². The summed E-state index contributed by atoms with van der Waals surface area (Å²) in [6.45, 7) is 1.09. The maximum atomic E-state index is 12.3. The van der Waals surface area contributed by atoms with Crippen LogP contribution in [0, 0.1) is 0 Å². The van der Waals surface area contributed by atoms with E-state index < -0.39 is 6.03 Å². The highest BCUT2D eigenvalue weighted by molar-refractivity contribution is 7.09. The summed E-state index contributed by atoms with van der Waals surface area (Å²) in [4.78, 5) is 42.3. The van der Waals surface area contributed by atoms with Gasteiger partial charge in [0.05, 0.1) is 11.6 Å². The van der Waals surface area contributed by atoms with Crippen molar-refractivity contribution in [1.82, 2.24) is 20.1 Å². The molecule has 0 spiro atoms. The molecule has 0 saturated carbocycles. The fraction of sp³-hybridized carbons (Fsp3) is 0.538. The van der Waals surface area contributed by atoms with Crippen LogP contribution in [0.4, 0.5) is 4.79 Å². The van der Waals surface area contributed by atoms with Crippen LogP contribution >= 0.6 is 11.3 Å². The number of carbonyl (C=O) groups excluding carboxylic acids is 3. The molecule has 8 heteroatoms. The van der Waals surface area contributed by atoms with Crippen LogP contribution in [0.25, 0.3) is 0 Å². The van der Waals surface area contributed by atoms with Gasteiger partial charge in [0.2, 0.25) is 5.91 Å². The second-order valence-corrected chi connectivity index (χ2v) is 6.11. The molecule has 1 atom stereocenters. The minimum absolute atomic E-state index is 0.0200. The number of nitrogens with one attached hydrogen (secondary N) is 1. The first-order chi connectivity index (χ1) is 10.1. The van der Waals surface area contributed by atoms with Crippen LogP contribution < -0.4 is 5.32 Å². The van der Waals surface area contributed by atoms with Crippen molar-refractivity contribution in [1.29, 1.82) is 0 Å². The van der Waals surface area contributed by atoms with Crippen LogP contribution in [-0.2, 0) is 9.59 Å².